The molecule has 0 aliphatic heterocycles. The number of carbonyl (C=O) groups excluding carboxylic acids is 1. The Bertz CT molecular complexity index is 431. The Morgan fingerprint density at radius 2 is 1.85 bits per heavy atom. The van der Waals surface area contributed by atoms with Gasteiger partial charge in [0.1, 0.15) is 11.3 Å². The first-order chi connectivity index (χ1) is 8.99. The van der Waals surface area contributed by atoms with E-state index in [9.17, 15) is 9.59 Å². The van der Waals surface area contributed by atoms with Crippen molar-refractivity contribution in [3.8, 4) is 0 Å². The highest BCUT2D eigenvalue weighted by atomic mass is 16.6. The number of ether oxygens (including phenoxy) is 1. The average Bonchev–Trinajstić information content (AvgIpc) is 2.26. The first-order valence-electron chi connectivity index (χ1n) is 6.25. The number of hydrogen-bond acceptors (Lipinski definition) is 5. The third-order valence-electron chi connectivity index (χ3n) is 2.37. The molecule has 4 N–H and O–H groups in total. The van der Waals surface area contributed by atoms with Gasteiger partial charge in [-0.1, -0.05) is 0 Å². The summed E-state index contributed by atoms with van der Waals surface area (Å²) in [6.07, 6.45) is -0.572. The summed E-state index contributed by atoms with van der Waals surface area (Å²) in [6, 6.07) is 0. The van der Waals surface area contributed by atoms with Crippen LogP contribution in [0.25, 0.3) is 0 Å². The van der Waals surface area contributed by atoms with Gasteiger partial charge in [-0.3, -0.25) is 5.41 Å². The summed E-state index contributed by atoms with van der Waals surface area (Å²) in [5.41, 5.74) is 4.63. The van der Waals surface area contributed by atoms with Gasteiger partial charge in [-0.25, -0.2) is 9.59 Å². The fourth-order valence-corrected chi connectivity index (χ4v) is 1.35. The molecule has 0 spiro atoms. The molecule has 0 heterocycles. The van der Waals surface area contributed by atoms with Gasteiger partial charge in [0.05, 0.1) is 6.54 Å². The lowest BCUT2D eigenvalue weighted by molar-refractivity contribution is -0.129. The van der Waals surface area contributed by atoms with Crippen LogP contribution >= 0.6 is 0 Å². The number of nitrogens with one attached hydrogen (secondary N) is 1. The normalized spacial score (nSPS) is 12.4. The molecule has 0 fully saturated rings. The van der Waals surface area contributed by atoms with E-state index in [0.717, 1.165) is 0 Å². The molecule has 0 aromatic rings. The van der Waals surface area contributed by atoms with Crippen LogP contribution in [0, 0.1) is 5.41 Å². The van der Waals surface area contributed by atoms with E-state index in [1.807, 2.05) is 0 Å². The molecule has 114 valence electrons. The molecule has 0 aromatic carbocycles. The molecule has 0 unspecified atom stereocenters. The molecule has 7 nitrogen and oxygen atoms in total. The van der Waals surface area contributed by atoms with Crippen LogP contribution in [-0.2, 0) is 9.53 Å². The van der Waals surface area contributed by atoms with Gasteiger partial charge in [-0.2, -0.15) is 0 Å². The molecule has 0 saturated carbocycles. The molecule has 20 heavy (non-hydrogen) atoms. The summed E-state index contributed by atoms with van der Waals surface area (Å²) >= 11 is 0. The summed E-state index contributed by atoms with van der Waals surface area (Å²) in [5, 5.41) is 16.4. The molecular weight excluding hydrogens is 262 g/mol. The fraction of sp³-hybridized carbons (Fsp3) is 0.615. The first kappa shape index (κ1) is 17.9. The van der Waals surface area contributed by atoms with E-state index in [0.29, 0.717) is 6.54 Å². The third-order valence-corrected chi connectivity index (χ3v) is 2.37. The molecule has 0 radical (unpaired) electrons. The Hall–Kier alpha value is -2.05. The molecule has 0 bridgehead atoms. The lowest BCUT2D eigenvalue weighted by Gasteiger charge is -2.27. The summed E-state index contributed by atoms with van der Waals surface area (Å²) in [4.78, 5) is 24.1. The second-order valence-electron chi connectivity index (χ2n) is 5.34. The molecular formula is C13H23N3O4. The number of nitrogens with zero attached hydrogens (tertiary/aromatic N) is 1. The van der Waals surface area contributed by atoms with Gasteiger partial charge < -0.3 is 20.5 Å². The number of aliphatic carboxylic acids is 1. The van der Waals surface area contributed by atoms with Crippen molar-refractivity contribution < 1.29 is 19.4 Å². The number of allylic oxidation sites excluding steroid dienone is 1. The van der Waals surface area contributed by atoms with Crippen molar-refractivity contribution in [1.29, 1.82) is 5.41 Å². The highest BCUT2D eigenvalue weighted by molar-refractivity contribution is 6.41. The van der Waals surface area contributed by atoms with Crippen LogP contribution in [0.5, 0.6) is 0 Å². The number of rotatable bonds is 5. The van der Waals surface area contributed by atoms with Gasteiger partial charge in [0.15, 0.2) is 0 Å². The Morgan fingerprint density at radius 1 is 1.35 bits per heavy atom. The van der Waals surface area contributed by atoms with Crippen molar-refractivity contribution in [2.24, 2.45) is 5.73 Å². The van der Waals surface area contributed by atoms with Gasteiger partial charge in [0.2, 0.25) is 0 Å². The molecule has 1 amide bonds. The fourth-order valence-electron chi connectivity index (χ4n) is 1.35. The summed E-state index contributed by atoms with van der Waals surface area (Å²) < 4.78 is 5.22. The lowest BCUT2D eigenvalue weighted by atomic mass is 10.1. The predicted molar refractivity (Wildman–Crippen MR) is 75.7 cm³/mol. The van der Waals surface area contributed by atoms with E-state index in [1.54, 1.807) is 27.7 Å². The predicted octanol–water partition coefficient (Wildman–Crippen LogP) is 1.58. The average molecular weight is 285 g/mol. The van der Waals surface area contributed by atoms with Crippen molar-refractivity contribution in [2.45, 2.75) is 40.2 Å². The maximum absolute atomic E-state index is 12.0. The topological polar surface area (TPSA) is 117 Å². The minimum Gasteiger partial charge on any atom is -0.477 e. The first-order valence-corrected chi connectivity index (χ1v) is 6.25. The van der Waals surface area contributed by atoms with Crippen molar-refractivity contribution in [2.75, 3.05) is 13.1 Å². The van der Waals surface area contributed by atoms with Crippen molar-refractivity contribution in [3.05, 3.63) is 11.3 Å². The van der Waals surface area contributed by atoms with Crippen LogP contribution in [-0.4, -0.2) is 46.5 Å². The minimum atomic E-state index is -1.38. The number of carboxylic acid groups (broad SMARTS) is 1. The molecule has 0 aromatic heterocycles. The van der Waals surface area contributed by atoms with Gasteiger partial charge in [0.25, 0.3) is 0 Å². The van der Waals surface area contributed by atoms with E-state index in [1.165, 1.54) is 11.8 Å². The monoisotopic (exact) mass is 285 g/mol. The van der Waals surface area contributed by atoms with Gasteiger partial charge in [-0.05, 0) is 34.6 Å². The Morgan fingerprint density at radius 3 is 2.15 bits per heavy atom. The van der Waals surface area contributed by atoms with Crippen molar-refractivity contribution >= 4 is 17.8 Å². The number of amides is 1. The lowest BCUT2D eigenvalue weighted by Crippen LogP contribution is -2.39. The largest absolute Gasteiger partial charge is 0.477 e. The molecule has 0 aliphatic rings. The quantitative estimate of drug-likeness (QED) is 0.663. The van der Waals surface area contributed by atoms with Gasteiger partial charge in [-0.15, -0.1) is 0 Å². The number of nitrogens with two attached hydrogens (primary N) is 1. The summed E-state index contributed by atoms with van der Waals surface area (Å²) in [7, 11) is 0. The number of carbonyl (C=O) groups is 2. The Balaban J connectivity index is 5.11. The second-order valence-corrected chi connectivity index (χ2v) is 5.34. The minimum absolute atomic E-state index is 0.0706. The SMILES string of the molecule is CCN(C/C(C(=N)C(=O)O)=C(\C)N)C(=O)OC(C)(C)C. The molecule has 0 rings (SSSR count). The smallest absolute Gasteiger partial charge is 0.410 e. The van der Waals surface area contributed by atoms with Crippen molar-refractivity contribution in [1.82, 2.24) is 4.90 Å². The number of likely N-dealkylation sites (N-methyl/N-ethyl adjacent to an activating group) is 1. The van der Waals surface area contributed by atoms with E-state index >= 15 is 0 Å². The van der Waals surface area contributed by atoms with Gasteiger partial charge >= 0.3 is 12.1 Å². The van der Waals surface area contributed by atoms with E-state index in [2.05, 4.69) is 0 Å². The highest BCUT2D eigenvalue weighted by Gasteiger charge is 2.24. The summed E-state index contributed by atoms with van der Waals surface area (Å²) in [5.74, 6) is -1.38. The van der Waals surface area contributed by atoms with Crippen LogP contribution in [0.3, 0.4) is 0 Å². The second kappa shape index (κ2) is 6.93. The zero-order chi connectivity index (χ0) is 16.1. The Labute approximate surface area is 118 Å². The van der Waals surface area contributed by atoms with Gasteiger partial charge in [0, 0.05) is 17.8 Å². The maximum atomic E-state index is 12.0. The van der Waals surface area contributed by atoms with Crippen LogP contribution in [0.15, 0.2) is 11.3 Å². The van der Waals surface area contributed by atoms with E-state index < -0.39 is 23.4 Å². The maximum Gasteiger partial charge on any atom is 0.410 e. The molecule has 0 aliphatic carbocycles. The number of hydrogen-bond donors (Lipinski definition) is 3. The van der Waals surface area contributed by atoms with Crippen LogP contribution < -0.4 is 5.73 Å². The molecule has 0 atom stereocenters. The summed E-state index contributed by atoms with van der Waals surface area (Å²) in [6.45, 7) is 8.69. The van der Waals surface area contributed by atoms with E-state index in [4.69, 9.17) is 21.0 Å². The van der Waals surface area contributed by atoms with E-state index in [-0.39, 0.29) is 17.8 Å². The van der Waals surface area contributed by atoms with Crippen LogP contribution in [0.2, 0.25) is 0 Å². The van der Waals surface area contributed by atoms with Crippen LogP contribution in [0.1, 0.15) is 34.6 Å². The standard InChI is InChI=1S/C13H23N3O4/c1-6-16(12(19)20-13(3,4)5)7-9(8(2)14)10(15)11(17)18/h15H,6-7,14H2,1-5H3,(H,17,18)/b9-8-,15-10?. The molecule has 0 saturated heterocycles. The third kappa shape index (κ3) is 5.73. The zero-order valence-corrected chi connectivity index (χ0v) is 12.6. The number of carboxylic acids is 1. The van der Waals surface area contributed by atoms with Crippen molar-refractivity contribution in [3.63, 3.8) is 0 Å². The Kier molecular flexibility index (Phi) is 6.22. The molecule has 7 heteroatoms. The van der Waals surface area contributed by atoms with Crippen LogP contribution in [0.4, 0.5) is 4.79 Å². The highest BCUT2D eigenvalue weighted by Crippen LogP contribution is 2.12. The zero-order valence-electron chi connectivity index (χ0n) is 12.6.